The Morgan fingerprint density at radius 3 is 2.25 bits per heavy atom. The van der Waals surface area contributed by atoms with Crippen LogP contribution in [0, 0.1) is 6.92 Å². The number of hydrogen-bond acceptors (Lipinski definition) is 1. The van der Waals surface area contributed by atoms with Crippen molar-refractivity contribution < 1.29 is 0 Å². The lowest BCUT2D eigenvalue weighted by Gasteiger charge is -2.09. The predicted molar refractivity (Wildman–Crippen MR) is 69.8 cm³/mol. The molecule has 0 fully saturated rings. The molecule has 0 amide bonds. The van der Waals surface area contributed by atoms with Gasteiger partial charge in [-0.1, -0.05) is 60.7 Å². The maximum absolute atomic E-state index is 5.79. The van der Waals surface area contributed by atoms with Gasteiger partial charge in [0.25, 0.3) is 0 Å². The van der Waals surface area contributed by atoms with Gasteiger partial charge in [-0.2, -0.15) is 0 Å². The van der Waals surface area contributed by atoms with Gasteiger partial charge < -0.3 is 5.73 Å². The van der Waals surface area contributed by atoms with Crippen LogP contribution in [0.1, 0.15) is 11.1 Å². The monoisotopic (exact) mass is 209 g/mol. The molecule has 0 heterocycles. The fourth-order valence-electron chi connectivity index (χ4n) is 1.75. The average Bonchev–Trinajstić information content (AvgIpc) is 2.30. The number of rotatable bonds is 2. The molecule has 1 nitrogen and oxygen atoms in total. The normalized spacial score (nSPS) is 10.1. The lowest BCUT2D eigenvalue weighted by atomic mass is 9.97. The average molecular weight is 209 g/mol. The Balaban J connectivity index is 2.55. The minimum absolute atomic E-state index is 0.608. The SMILES string of the molecule is C=C(N)c1ccccc1-c1ccc(C)cc1. The first-order chi connectivity index (χ1) is 7.68. The molecule has 0 atom stereocenters. The highest BCUT2D eigenvalue weighted by Gasteiger charge is 2.04. The molecule has 80 valence electrons. The molecule has 1 heteroatoms. The van der Waals surface area contributed by atoms with Crippen molar-refractivity contribution >= 4 is 5.70 Å². The zero-order valence-corrected chi connectivity index (χ0v) is 9.40. The van der Waals surface area contributed by atoms with Crippen molar-refractivity contribution in [2.45, 2.75) is 6.92 Å². The summed E-state index contributed by atoms with van der Waals surface area (Å²) in [6.45, 7) is 5.89. The molecule has 0 aliphatic carbocycles. The highest BCUT2D eigenvalue weighted by molar-refractivity contribution is 5.79. The van der Waals surface area contributed by atoms with Crippen LogP contribution in [0.15, 0.2) is 55.1 Å². The molecule has 0 saturated heterocycles. The second-order valence-corrected chi connectivity index (χ2v) is 3.94. The number of aryl methyl sites for hydroxylation is 1. The zero-order valence-electron chi connectivity index (χ0n) is 9.40. The van der Waals surface area contributed by atoms with E-state index < -0.39 is 0 Å². The van der Waals surface area contributed by atoms with Crippen LogP contribution in [0.2, 0.25) is 0 Å². The third kappa shape index (κ3) is 1.98. The van der Waals surface area contributed by atoms with Gasteiger partial charge in [-0.25, -0.2) is 0 Å². The van der Waals surface area contributed by atoms with Crippen molar-refractivity contribution in [3.63, 3.8) is 0 Å². The Bertz CT molecular complexity index is 509. The van der Waals surface area contributed by atoms with Crippen LogP contribution in [-0.2, 0) is 0 Å². The lowest BCUT2D eigenvalue weighted by Crippen LogP contribution is -1.96. The van der Waals surface area contributed by atoms with E-state index in [0.717, 1.165) is 11.1 Å². The highest BCUT2D eigenvalue weighted by Crippen LogP contribution is 2.26. The van der Waals surface area contributed by atoms with Gasteiger partial charge in [0.05, 0.1) is 0 Å². The van der Waals surface area contributed by atoms with Crippen LogP contribution >= 0.6 is 0 Å². The minimum Gasteiger partial charge on any atom is -0.399 e. The fourth-order valence-corrected chi connectivity index (χ4v) is 1.75. The summed E-state index contributed by atoms with van der Waals surface area (Å²) in [5, 5.41) is 0. The minimum atomic E-state index is 0.608. The van der Waals surface area contributed by atoms with Crippen molar-refractivity contribution in [3.05, 3.63) is 66.2 Å². The van der Waals surface area contributed by atoms with Crippen molar-refractivity contribution in [1.82, 2.24) is 0 Å². The topological polar surface area (TPSA) is 26.0 Å². The van der Waals surface area contributed by atoms with Gasteiger partial charge >= 0.3 is 0 Å². The van der Waals surface area contributed by atoms with Crippen molar-refractivity contribution in [1.29, 1.82) is 0 Å². The second kappa shape index (κ2) is 4.23. The molecule has 16 heavy (non-hydrogen) atoms. The summed E-state index contributed by atoms with van der Waals surface area (Å²) in [5.41, 5.74) is 11.0. The molecule has 0 spiro atoms. The van der Waals surface area contributed by atoms with Gasteiger partial charge in [-0.05, 0) is 18.1 Å². The summed E-state index contributed by atoms with van der Waals surface area (Å²) in [6, 6.07) is 16.5. The van der Waals surface area contributed by atoms with E-state index in [0.29, 0.717) is 5.70 Å². The van der Waals surface area contributed by atoms with Gasteiger partial charge in [-0.3, -0.25) is 0 Å². The van der Waals surface area contributed by atoms with E-state index in [9.17, 15) is 0 Å². The molecule has 2 aromatic carbocycles. The molecule has 0 unspecified atom stereocenters. The van der Waals surface area contributed by atoms with Crippen LogP contribution in [0.25, 0.3) is 16.8 Å². The van der Waals surface area contributed by atoms with Gasteiger partial charge in [0.15, 0.2) is 0 Å². The van der Waals surface area contributed by atoms with E-state index in [-0.39, 0.29) is 0 Å². The molecule has 2 N–H and O–H groups in total. The third-order valence-corrected chi connectivity index (χ3v) is 2.64. The molecule has 0 aliphatic rings. The van der Waals surface area contributed by atoms with Crippen LogP contribution in [0.4, 0.5) is 0 Å². The van der Waals surface area contributed by atoms with Crippen LogP contribution in [-0.4, -0.2) is 0 Å². The Labute approximate surface area is 96.2 Å². The maximum atomic E-state index is 5.79. The molecule has 0 radical (unpaired) electrons. The molecule has 0 aromatic heterocycles. The summed E-state index contributed by atoms with van der Waals surface area (Å²) >= 11 is 0. The largest absolute Gasteiger partial charge is 0.399 e. The van der Waals surface area contributed by atoms with Gasteiger partial charge in [0, 0.05) is 11.3 Å². The first-order valence-corrected chi connectivity index (χ1v) is 5.29. The van der Waals surface area contributed by atoms with Gasteiger partial charge in [0.2, 0.25) is 0 Å². The smallest absolute Gasteiger partial charge is 0.0320 e. The van der Waals surface area contributed by atoms with E-state index >= 15 is 0 Å². The van der Waals surface area contributed by atoms with Crippen molar-refractivity contribution in [2.75, 3.05) is 0 Å². The lowest BCUT2D eigenvalue weighted by molar-refractivity contribution is 1.45. The first-order valence-electron chi connectivity index (χ1n) is 5.29. The molecule has 0 saturated carbocycles. The Morgan fingerprint density at radius 1 is 1.00 bits per heavy atom. The maximum Gasteiger partial charge on any atom is 0.0320 e. The quantitative estimate of drug-likeness (QED) is 0.803. The fraction of sp³-hybridized carbons (Fsp3) is 0.0667. The van der Waals surface area contributed by atoms with Crippen molar-refractivity contribution in [3.8, 4) is 11.1 Å². The van der Waals surface area contributed by atoms with Gasteiger partial charge in [-0.15, -0.1) is 0 Å². The summed E-state index contributed by atoms with van der Waals surface area (Å²) in [5.74, 6) is 0. The standard InChI is InChI=1S/C15H15N/c1-11-7-9-13(10-8-11)15-6-4-3-5-14(15)12(2)16/h3-10H,2,16H2,1H3. The molecule has 0 aliphatic heterocycles. The molecular weight excluding hydrogens is 194 g/mol. The van der Waals surface area contributed by atoms with Crippen LogP contribution in [0.5, 0.6) is 0 Å². The van der Waals surface area contributed by atoms with Crippen LogP contribution < -0.4 is 5.73 Å². The van der Waals surface area contributed by atoms with E-state index in [2.05, 4.69) is 43.8 Å². The zero-order chi connectivity index (χ0) is 11.5. The number of hydrogen-bond donors (Lipinski definition) is 1. The molecular formula is C15H15N. The van der Waals surface area contributed by atoms with E-state index in [4.69, 9.17) is 5.73 Å². The van der Waals surface area contributed by atoms with E-state index in [1.54, 1.807) is 0 Å². The molecule has 2 rings (SSSR count). The number of benzene rings is 2. The second-order valence-electron chi connectivity index (χ2n) is 3.94. The van der Waals surface area contributed by atoms with Gasteiger partial charge in [0.1, 0.15) is 0 Å². The van der Waals surface area contributed by atoms with Crippen molar-refractivity contribution in [2.24, 2.45) is 5.73 Å². The highest BCUT2D eigenvalue weighted by atomic mass is 14.6. The summed E-state index contributed by atoms with van der Waals surface area (Å²) in [7, 11) is 0. The Hall–Kier alpha value is -2.02. The summed E-state index contributed by atoms with van der Waals surface area (Å²) in [4.78, 5) is 0. The summed E-state index contributed by atoms with van der Waals surface area (Å²) < 4.78 is 0. The van der Waals surface area contributed by atoms with E-state index in [1.165, 1.54) is 11.1 Å². The predicted octanol–water partition coefficient (Wildman–Crippen LogP) is 3.59. The third-order valence-electron chi connectivity index (χ3n) is 2.64. The summed E-state index contributed by atoms with van der Waals surface area (Å²) in [6.07, 6.45) is 0. The van der Waals surface area contributed by atoms with E-state index in [1.807, 2.05) is 18.2 Å². The molecule has 0 bridgehead atoms. The molecule has 2 aromatic rings. The number of nitrogens with two attached hydrogens (primary N) is 1. The first kappa shape index (κ1) is 10.5. The Morgan fingerprint density at radius 2 is 1.62 bits per heavy atom. The van der Waals surface area contributed by atoms with Crippen LogP contribution in [0.3, 0.4) is 0 Å². The Kier molecular flexibility index (Phi) is 2.78.